The molecule has 508 valence electrons. The van der Waals surface area contributed by atoms with Crippen molar-refractivity contribution in [2.24, 2.45) is 22.7 Å². The summed E-state index contributed by atoms with van der Waals surface area (Å²) in [5.74, 6) is 0.728. The van der Waals surface area contributed by atoms with Crippen molar-refractivity contribution in [3.63, 3.8) is 0 Å². The molecule has 0 saturated carbocycles. The van der Waals surface area contributed by atoms with Gasteiger partial charge >= 0.3 is 0 Å². The smallest absolute Gasteiger partial charge is 0.284 e. The van der Waals surface area contributed by atoms with E-state index in [1.807, 2.05) is 97.6 Å². The molecule has 3 fully saturated rings. The van der Waals surface area contributed by atoms with Crippen molar-refractivity contribution in [3.8, 4) is 0 Å². The highest BCUT2D eigenvalue weighted by molar-refractivity contribution is 7.88. The second kappa shape index (κ2) is 29.8. The lowest BCUT2D eigenvalue weighted by Crippen LogP contribution is -2.64. The fourth-order valence-corrected chi connectivity index (χ4v) is 17.5. The molecular weight excluding hydrogens is 1370 g/mol. The number of pyridine rings is 2. The molecule has 0 amide bonds. The normalized spacial score (nSPS) is 20.2. The van der Waals surface area contributed by atoms with Gasteiger partial charge in [-0.2, -0.15) is 6.20 Å². The van der Waals surface area contributed by atoms with Gasteiger partial charge in [-0.1, -0.05) is 95.0 Å². The van der Waals surface area contributed by atoms with Crippen LogP contribution in [0.1, 0.15) is 101 Å². The largest absolute Gasteiger partial charge is 0.663 e. The maximum atomic E-state index is 12.0. The topological polar surface area (TPSA) is 236 Å². The monoisotopic (exact) mass is 1440 g/mol. The molecule has 0 radical (unpaired) electrons. The van der Waals surface area contributed by atoms with E-state index in [0.29, 0.717) is 54.3 Å². The van der Waals surface area contributed by atoms with Gasteiger partial charge < -0.3 is 15.3 Å². The first-order valence-electron chi connectivity index (χ1n) is 32.7. The summed E-state index contributed by atoms with van der Waals surface area (Å²) in [5.41, 5.74) is 18.5. The second-order valence-corrected chi connectivity index (χ2v) is 32.7. The van der Waals surface area contributed by atoms with E-state index in [2.05, 4.69) is 103 Å². The van der Waals surface area contributed by atoms with Crippen molar-refractivity contribution in [3.05, 3.63) is 268 Å². The highest BCUT2D eigenvalue weighted by Gasteiger charge is 2.37. The Labute approximate surface area is 592 Å². The Hall–Kier alpha value is -8.48. The van der Waals surface area contributed by atoms with Gasteiger partial charge in [-0.15, -0.1) is 5.70 Å². The second-order valence-electron chi connectivity index (χ2n) is 25.5. The van der Waals surface area contributed by atoms with Crippen molar-refractivity contribution in [2.45, 2.75) is 44.4 Å². The van der Waals surface area contributed by atoms with E-state index in [9.17, 15) is 25.3 Å². The van der Waals surface area contributed by atoms with Crippen LogP contribution in [0.15, 0.2) is 186 Å². The number of nitrogens with one attached hydrogen (secondary N) is 3. The van der Waals surface area contributed by atoms with Crippen LogP contribution in [-0.2, 0) is 30.1 Å². The Bertz CT molecular complexity index is 5110. The minimum Gasteiger partial charge on any atom is -0.663 e. The molecule has 4 aromatic heterocycles. The maximum Gasteiger partial charge on any atom is 0.284 e. The van der Waals surface area contributed by atoms with E-state index in [-0.39, 0.29) is 23.7 Å². The van der Waals surface area contributed by atoms with Gasteiger partial charge in [0.2, 0.25) is 35.8 Å². The third-order valence-electron chi connectivity index (χ3n) is 19.1. The van der Waals surface area contributed by atoms with Crippen LogP contribution in [0.25, 0.3) is 58.0 Å². The lowest BCUT2D eigenvalue weighted by molar-refractivity contribution is -0.292. The molecule has 15 rings (SSSR count). The molecule has 24 heteroatoms. The Balaban J connectivity index is 0.000000133. The Kier molecular flexibility index (Phi) is 20.7. The van der Waals surface area contributed by atoms with Crippen LogP contribution in [0.4, 0.5) is 0 Å². The van der Waals surface area contributed by atoms with Crippen LogP contribution < -0.4 is 15.4 Å². The lowest BCUT2D eigenvalue weighted by atomic mass is 9.76. The molecule has 7 aromatic rings. The van der Waals surface area contributed by atoms with Gasteiger partial charge in [0.25, 0.3) is 6.34 Å². The van der Waals surface area contributed by atoms with Crippen LogP contribution in [-0.4, -0.2) is 139 Å². The number of rotatable bonds is 11. The molecule has 3 aliphatic carbocycles. The first-order valence-corrected chi connectivity index (χ1v) is 39.4. The average Bonchev–Trinajstić information content (AvgIpc) is 1.68. The molecule has 1 unspecified atom stereocenters. The summed E-state index contributed by atoms with van der Waals surface area (Å²) >= 11 is 19.2. The number of hydrogen-bond donors (Lipinski definition) is 3. The van der Waals surface area contributed by atoms with Crippen LogP contribution in [0.5, 0.6) is 0 Å². The van der Waals surface area contributed by atoms with Crippen molar-refractivity contribution < 1.29 is 30.2 Å². The van der Waals surface area contributed by atoms with Crippen molar-refractivity contribution >= 4 is 130 Å². The van der Waals surface area contributed by atoms with Crippen molar-refractivity contribution in [1.29, 1.82) is 0 Å². The summed E-state index contributed by atoms with van der Waals surface area (Å²) in [6.07, 6.45) is 46.9. The molecule has 1 atom stereocenters. The summed E-state index contributed by atoms with van der Waals surface area (Å²) in [5, 5.41) is 8.98. The number of fused-ring (bicyclic) bond motifs is 6. The number of aromatic amines is 2. The summed E-state index contributed by atoms with van der Waals surface area (Å²) in [6, 6.07) is 26.0. The molecule has 3 saturated heterocycles. The Morgan fingerprint density at radius 1 is 0.596 bits per heavy atom. The number of hydrogen-bond acceptors (Lipinski definition) is 11. The number of piperidine rings is 3. The quantitative estimate of drug-likeness (QED) is 0.111. The molecule has 5 aliphatic heterocycles. The molecule has 8 aliphatic rings. The number of aromatic nitrogens is 6. The number of allylic oxidation sites excluding steroid dienone is 11. The lowest BCUT2D eigenvalue weighted by Gasteiger charge is -2.37. The molecule has 3 aromatic carbocycles. The first-order chi connectivity index (χ1) is 47.7. The predicted octanol–water partition coefficient (Wildman–Crippen LogP) is 11.1. The van der Waals surface area contributed by atoms with Gasteiger partial charge in [0.05, 0.1) is 66.6 Å². The maximum absolute atomic E-state index is 12.0. The third-order valence-corrected chi connectivity index (χ3v) is 23.7. The average molecular weight is 1440 g/mol. The zero-order chi connectivity index (χ0) is 69.0. The minimum atomic E-state index is -3.19. The van der Waals surface area contributed by atoms with E-state index in [0.717, 1.165) is 144 Å². The van der Waals surface area contributed by atoms with E-state index in [1.165, 1.54) is 24.3 Å². The van der Waals surface area contributed by atoms with Gasteiger partial charge in [0.1, 0.15) is 6.21 Å². The van der Waals surface area contributed by atoms with E-state index >= 15 is 0 Å². The molecule has 18 nitrogen and oxygen atoms in total. The van der Waals surface area contributed by atoms with Crippen molar-refractivity contribution in [2.75, 3.05) is 58.0 Å². The number of sulfonamides is 3. The van der Waals surface area contributed by atoms with Gasteiger partial charge in [0, 0.05) is 83.8 Å². The number of nitrogens with zero attached hydrogens (tertiary/aromatic N) is 9. The summed E-state index contributed by atoms with van der Waals surface area (Å²) in [4.78, 5) is 31.3. The van der Waals surface area contributed by atoms with Gasteiger partial charge in [-0.05, 0) is 213 Å². The Morgan fingerprint density at radius 2 is 1.17 bits per heavy atom. The zero-order valence-electron chi connectivity index (χ0n) is 54.7. The first kappa shape index (κ1) is 69.0. The summed E-state index contributed by atoms with van der Waals surface area (Å²) in [6.45, 7) is 3.11. The Morgan fingerprint density at radius 3 is 1.80 bits per heavy atom. The van der Waals surface area contributed by atoms with Gasteiger partial charge in [-0.3, -0.25) is 9.97 Å². The number of aliphatic imine (C=N–C) groups is 1. The predicted molar refractivity (Wildman–Crippen MR) is 398 cm³/mol. The number of benzene rings is 3. The molecule has 3 N–H and O–H groups in total. The summed E-state index contributed by atoms with van der Waals surface area (Å²) in [7, 11) is -9.56. The van der Waals surface area contributed by atoms with Crippen LogP contribution in [0.2, 0.25) is 15.1 Å². The molecular formula is C75H73Cl3N12O6S3. The molecule has 0 spiro atoms. The van der Waals surface area contributed by atoms with E-state index in [1.54, 1.807) is 44.3 Å². The third kappa shape index (κ3) is 15.9. The zero-order valence-corrected chi connectivity index (χ0v) is 59.4. The number of imidazole rings is 2. The van der Waals surface area contributed by atoms with Crippen molar-refractivity contribution in [1.82, 2.24) is 42.8 Å². The van der Waals surface area contributed by atoms with Crippen LogP contribution in [0, 0.1) is 17.8 Å². The van der Waals surface area contributed by atoms with E-state index < -0.39 is 30.1 Å². The van der Waals surface area contributed by atoms with Gasteiger partial charge in [-0.25, -0.2) is 53.1 Å². The standard InChI is InChI=1S/C25H25ClN4O2S.C25H24ClN4O2S.C25H23ClN4O2S/c3*1-33(31,32)30-11-8-17(9-12-30)24-22-7-5-20(26)14-19(22)13-18(4-6-21-15-27-16-29-21)23-3-2-10-28-25(23)24/h2-7,10,13-17,24H,8-9,11-12H2,1H3,(H,27,29);2-7,10,13-17H,8-9,11-12H2,1H3,(H,27,29);2-7,10,13-17H,8-9,11-12H2,1H3/q;-1;/p+1/b2*6-4+;. The van der Waals surface area contributed by atoms with Crippen LogP contribution >= 0.6 is 34.8 Å². The summed E-state index contributed by atoms with van der Waals surface area (Å²) < 4.78 is 77.0. The van der Waals surface area contributed by atoms with E-state index in [4.69, 9.17) is 50.1 Å². The minimum absolute atomic E-state index is 0.0597. The van der Waals surface area contributed by atoms with Gasteiger partial charge in [0.15, 0.2) is 0 Å². The number of halogens is 3. The SMILES string of the molecule is CS(=O)(=O)N1CCC(C2=C3[N-]C=CC=C3C(/C=C/c3cnc[nH]3)=Cc3cc(Cl)ccc32)CC1.CS(=O)(=O)N1CCC(C2=c3ccc(Cl)cc3=CC(=CC=C3C=[NH+]C=N3)c3cccnc32)CC1.CS(=O)(=O)N1CCC(C2c3ccc(Cl)cc3C=C(/C=C/c3cnc[nH]3)c3cccnc32)CC1. The molecule has 0 bridgehead atoms. The fourth-order valence-electron chi connectivity index (χ4n) is 14.3. The molecule has 9 heterocycles. The van der Waals surface area contributed by atoms with Crippen LogP contribution in [0.3, 0.4) is 0 Å². The molecule has 99 heavy (non-hydrogen) atoms. The highest BCUT2D eigenvalue weighted by Crippen LogP contribution is 2.48. The highest BCUT2D eigenvalue weighted by atomic mass is 35.5. The number of H-pyrrole nitrogens is 2. The fraction of sp³-hybridized carbons (Fsp3) is 0.253.